The first kappa shape index (κ1) is 14.0. The number of anilines is 1. The number of aliphatic carboxylic acids is 1. The summed E-state index contributed by atoms with van der Waals surface area (Å²) in [5.74, 6) is -0.705. The first-order valence-corrected chi connectivity index (χ1v) is 6.86. The number of rotatable bonds is 5. The van der Waals surface area contributed by atoms with E-state index in [1.165, 1.54) is 0 Å². The predicted octanol–water partition coefficient (Wildman–Crippen LogP) is 1.47. The molecule has 0 saturated carbocycles. The summed E-state index contributed by atoms with van der Waals surface area (Å²) in [6, 6.07) is 9.89. The Hall–Kier alpha value is -2.96. The first-order chi connectivity index (χ1) is 10.6. The Morgan fingerprint density at radius 2 is 2.00 bits per heavy atom. The SMILES string of the molecule is Nc1nc(Cc2ccccc2)c2ncn(CCC(=O)O)c2n1. The number of fused-ring (bicyclic) bond motifs is 1. The van der Waals surface area contributed by atoms with Crippen LogP contribution in [-0.2, 0) is 17.8 Å². The van der Waals surface area contributed by atoms with E-state index in [0.717, 1.165) is 11.3 Å². The summed E-state index contributed by atoms with van der Waals surface area (Å²) < 4.78 is 1.69. The van der Waals surface area contributed by atoms with Crippen LogP contribution >= 0.6 is 0 Å². The summed E-state index contributed by atoms with van der Waals surface area (Å²) in [6.07, 6.45) is 2.18. The Morgan fingerprint density at radius 3 is 2.73 bits per heavy atom. The highest BCUT2D eigenvalue weighted by atomic mass is 16.4. The lowest BCUT2D eigenvalue weighted by Crippen LogP contribution is -2.06. The molecule has 0 spiro atoms. The van der Waals surface area contributed by atoms with E-state index < -0.39 is 5.97 Å². The van der Waals surface area contributed by atoms with Gasteiger partial charge in [-0.25, -0.2) is 9.97 Å². The van der Waals surface area contributed by atoms with Gasteiger partial charge in [0.2, 0.25) is 5.95 Å². The van der Waals surface area contributed by atoms with Crippen LogP contribution in [0.15, 0.2) is 36.7 Å². The Balaban J connectivity index is 1.98. The Bertz CT molecular complexity index is 813. The molecule has 3 aromatic rings. The highest BCUT2D eigenvalue weighted by Crippen LogP contribution is 2.18. The van der Waals surface area contributed by atoms with E-state index in [-0.39, 0.29) is 12.4 Å². The quantitative estimate of drug-likeness (QED) is 0.738. The Labute approximate surface area is 126 Å². The van der Waals surface area contributed by atoms with Crippen molar-refractivity contribution in [2.75, 3.05) is 5.73 Å². The molecule has 0 atom stereocenters. The molecule has 7 nitrogen and oxygen atoms in total. The molecule has 0 amide bonds. The minimum Gasteiger partial charge on any atom is -0.481 e. The van der Waals surface area contributed by atoms with Crippen molar-refractivity contribution in [1.82, 2.24) is 19.5 Å². The number of nitrogen functional groups attached to an aromatic ring is 1. The molecule has 0 bridgehead atoms. The van der Waals surface area contributed by atoms with Crippen LogP contribution in [0.25, 0.3) is 11.2 Å². The molecule has 112 valence electrons. The number of imidazole rings is 1. The summed E-state index contributed by atoms with van der Waals surface area (Å²) in [4.78, 5) is 23.5. The third-order valence-electron chi connectivity index (χ3n) is 3.33. The molecule has 2 heterocycles. The van der Waals surface area contributed by atoms with E-state index >= 15 is 0 Å². The summed E-state index contributed by atoms with van der Waals surface area (Å²) in [5, 5.41) is 8.80. The highest BCUT2D eigenvalue weighted by Gasteiger charge is 2.13. The molecule has 0 unspecified atom stereocenters. The van der Waals surface area contributed by atoms with Crippen LogP contribution in [0.5, 0.6) is 0 Å². The molecule has 3 rings (SSSR count). The fourth-order valence-electron chi connectivity index (χ4n) is 2.31. The van der Waals surface area contributed by atoms with Crippen molar-refractivity contribution in [3.05, 3.63) is 47.9 Å². The summed E-state index contributed by atoms with van der Waals surface area (Å²) in [6.45, 7) is 0.299. The van der Waals surface area contributed by atoms with Gasteiger partial charge in [-0.15, -0.1) is 0 Å². The van der Waals surface area contributed by atoms with Crippen molar-refractivity contribution < 1.29 is 9.90 Å². The fourth-order valence-corrected chi connectivity index (χ4v) is 2.31. The smallest absolute Gasteiger partial charge is 0.305 e. The van der Waals surface area contributed by atoms with Gasteiger partial charge in [0.25, 0.3) is 0 Å². The number of hydrogen-bond acceptors (Lipinski definition) is 5. The van der Waals surface area contributed by atoms with Crippen LogP contribution in [0, 0.1) is 0 Å². The molecule has 22 heavy (non-hydrogen) atoms. The van der Waals surface area contributed by atoms with Crippen LogP contribution in [0.4, 0.5) is 5.95 Å². The molecular weight excluding hydrogens is 282 g/mol. The molecule has 0 aliphatic carbocycles. The van der Waals surface area contributed by atoms with Crippen molar-refractivity contribution in [3.63, 3.8) is 0 Å². The number of aryl methyl sites for hydroxylation is 1. The van der Waals surface area contributed by atoms with Crippen molar-refractivity contribution >= 4 is 23.1 Å². The van der Waals surface area contributed by atoms with Gasteiger partial charge in [-0.05, 0) is 5.56 Å². The molecule has 2 aromatic heterocycles. The van der Waals surface area contributed by atoms with Gasteiger partial charge in [-0.1, -0.05) is 30.3 Å². The topological polar surface area (TPSA) is 107 Å². The lowest BCUT2D eigenvalue weighted by Gasteiger charge is -2.05. The zero-order chi connectivity index (χ0) is 15.5. The van der Waals surface area contributed by atoms with Crippen LogP contribution in [-0.4, -0.2) is 30.6 Å². The van der Waals surface area contributed by atoms with Gasteiger partial charge in [-0.3, -0.25) is 4.79 Å². The van der Waals surface area contributed by atoms with Crippen molar-refractivity contribution in [3.8, 4) is 0 Å². The maximum atomic E-state index is 10.7. The minimum absolute atomic E-state index is 0.00336. The van der Waals surface area contributed by atoms with E-state index in [4.69, 9.17) is 10.8 Å². The van der Waals surface area contributed by atoms with E-state index in [2.05, 4.69) is 15.0 Å². The lowest BCUT2D eigenvalue weighted by molar-refractivity contribution is -0.137. The van der Waals surface area contributed by atoms with E-state index in [1.807, 2.05) is 30.3 Å². The zero-order valence-corrected chi connectivity index (χ0v) is 11.8. The number of carbonyl (C=O) groups is 1. The normalized spacial score (nSPS) is 10.9. The number of benzene rings is 1. The second-order valence-corrected chi connectivity index (χ2v) is 4.94. The molecule has 0 radical (unpaired) electrons. The third-order valence-corrected chi connectivity index (χ3v) is 3.33. The molecule has 0 aliphatic heterocycles. The number of hydrogen-bond donors (Lipinski definition) is 2. The summed E-state index contributed by atoms with van der Waals surface area (Å²) >= 11 is 0. The standard InChI is InChI=1S/C15H15N5O2/c16-15-18-11(8-10-4-2-1-3-5-10)13-14(19-15)20(9-17-13)7-6-12(21)22/h1-5,9H,6-8H2,(H,21,22)(H2,16,18,19). The van der Waals surface area contributed by atoms with Gasteiger partial charge in [0.05, 0.1) is 18.4 Å². The van der Waals surface area contributed by atoms with E-state index in [0.29, 0.717) is 24.1 Å². The Kier molecular flexibility index (Phi) is 3.69. The van der Waals surface area contributed by atoms with Crippen LogP contribution in [0.1, 0.15) is 17.7 Å². The summed E-state index contributed by atoms with van der Waals surface area (Å²) in [5.41, 5.74) is 8.85. The molecule has 0 saturated heterocycles. The highest BCUT2D eigenvalue weighted by molar-refractivity contribution is 5.75. The van der Waals surface area contributed by atoms with E-state index in [1.54, 1.807) is 10.9 Å². The Morgan fingerprint density at radius 1 is 1.23 bits per heavy atom. The number of aromatic nitrogens is 4. The second-order valence-electron chi connectivity index (χ2n) is 4.94. The van der Waals surface area contributed by atoms with Crippen molar-refractivity contribution in [1.29, 1.82) is 0 Å². The summed E-state index contributed by atoms with van der Waals surface area (Å²) in [7, 11) is 0. The maximum Gasteiger partial charge on any atom is 0.305 e. The van der Waals surface area contributed by atoms with Crippen molar-refractivity contribution in [2.45, 2.75) is 19.4 Å². The molecule has 3 N–H and O–H groups in total. The van der Waals surface area contributed by atoms with Crippen LogP contribution in [0.3, 0.4) is 0 Å². The lowest BCUT2D eigenvalue weighted by atomic mass is 10.1. The molecule has 0 fully saturated rings. The van der Waals surface area contributed by atoms with Gasteiger partial charge < -0.3 is 15.4 Å². The molecular formula is C15H15N5O2. The van der Waals surface area contributed by atoms with Gasteiger partial charge in [0.1, 0.15) is 5.52 Å². The number of carboxylic acids is 1. The third kappa shape index (κ3) is 2.88. The van der Waals surface area contributed by atoms with Gasteiger partial charge >= 0.3 is 5.97 Å². The average Bonchev–Trinajstić information content (AvgIpc) is 2.89. The fraction of sp³-hybridized carbons (Fsp3) is 0.200. The van der Waals surface area contributed by atoms with Gasteiger partial charge in [-0.2, -0.15) is 4.98 Å². The number of nitrogens with two attached hydrogens (primary N) is 1. The van der Waals surface area contributed by atoms with Gasteiger partial charge in [0.15, 0.2) is 5.65 Å². The number of nitrogens with zero attached hydrogens (tertiary/aromatic N) is 4. The van der Waals surface area contributed by atoms with Crippen LogP contribution in [0.2, 0.25) is 0 Å². The molecule has 7 heteroatoms. The van der Waals surface area contributed by atoms with Crippen LogP contribution < -0.4 is 5.73 Å². The largest absolute Gasteiger partial charge is 0.481 e. The minimum atomic E-state index is -0.867. The monoisotopic (exact) mass is 297 g/mol. The first-order valence-electron chi connectivity index (χ1n) is 6.86. The zero-order valence-electron chi connectivity index (χ0n) is 11.8. The molecule has 1 aromatic carbocycles. The van der Waals surface area contributed by atoms with Crippen molar-refractivity contribution in [2.24, 2.45) is 0 Å². The number of carboxylic acid groups (broad SMARTS) is 1. The maximum absolute atomic E-state index is 10.7. The molecule has 0 aliphatic rings. The average molecular weight is 297 g/mol. The predicted molar refractivity (Wildman–Crippen MR) is 81.2 cm³/mol. The second kappa shape index (κ2) is 5.80. The van der Waals surface area contributed by atoms with E-state index in [9.17, 15) is 4.79 Å². The van der Waals surface area contributed by atoms with Gasteiger partial charge in [0, 0.05) is 13.0 Å².